The molecule has 6 heteroatoms. The molecular formula is C12H6F3O2S-. The third-order valence-corrected chi connectivity index (χ3v) is 3.27. The van der Waals surface area contributed by atoms with Crippen LogP contribution in [0.2, 0.25) is 0 Å². The van der Waals surface area contributed by atoms with Crippen molar-refractivity contribution in [2.75, 3.05) is 0 Å². The van der Waals surface area contributed by atoms with Gasteiger partial charge in [0.15, 0.2) is 0 Å². The third kappa shape index (κ3) is 2.38. The van der Waals surface area contributed by atoms with Gasteiger partial charge in [0, 0.05) is 0 Å². The van der Waals surface area contributed by atoms with Gasteiger partial charge in [0.05, 0.1) is 16.4 Å². The van der Waals surface area contributed by atoms with Crippen LogP contribution in [0, 0.1) is 10.4 Å². The van der Waals surface area contributed by atoms with Crippen LogP contribution in [-0.4, -0.2) is 5.97 Å². The largest absolute Gasteiger partial charge is 0.544 e. The quantitative estimate of drug-likeness (QED) is 0.682. The number of alkyl halides is 3. The van der Waals surface area contributed by atoms with Crippen LogP contribution in [0.3, 0.4) is 0 Å². The van der Waals surface area contributed by atoms with Crippen molar-refractivity contribution in [3.63, 3.8) is 0 Å². The van der Waals surface area contributed by atoms with E-state index in [0.717, 1.165) is 11.4 Å². The van der Waals surface area contributed by atoms with Crippen LogP contribution in [0.5, 0.6) is 0 Å². The molecule has 0 radical (unpaired) electrons. The molecule has 0 spiro atoms. The predicted molar refractivity (Wildman–Crippen MR) is 57.8 cm³/mol. The van der Waals surface area contributed by atoms with Gasteiger partial charge in [-0.3, -0.25) is 0 Å². The number of hydrogen-bond donors (Lipinski definition) is 0. The summed E-state index contributed by atoms with van der Waals surface area (Å²) in [7, 11) is 0. The molecule has 0 aromatic carbocycles. The maximum absolute atomic E-state index is 12.0. The molecule has 0 fully saturated rings. The van der Waals surface area contributed by atoms with E-state index in [4.69, 9.17) is 0 Å². The summed E-state index contributed by atoms with van der Waals surface area (Å²) in [6, 6.07) is 9.20. The molecule has 2 aliphatic carbocycles. The zero-order chi connectivity index (χ0) is 13.3. The number of aromatic carboxylic acids is 1. The molecule has 3 rings (SSSR count). The lowest BCUT2D eigenvalue weighted by Gasteiger charge is -2.07. The summed E-state index contributed by atoms with van der Waals surface area (Å²) in [6.45, 7) is 0. The lowest BCUT2D eigenvalue weighted by Crippen LogP contribution is -2.24. The van der Waals surface area contributed by atoms with Gasteiger partial charge in [0.25, 0.3) is 0 Å². The predicted octanol–water partition coefficient (Wildman–Crippen LogP) is 2.42. The van der Waals surface area contributed by atoms with Crippen LogP contribution in [0.15, 0.2) is 35.7 Å². The number of rotatable bonds is 1. The summed E-state index contributed by atoms with van der Waals surface area (Å²) in [5.74, 6) is -1.79. The van der Waals surface area contributed by atoms with Crippen molar-refractivity contribution >= 4 is 17.3 Å². The highest BCUT2D eigenvalue weighted by Crippen LogP contribution is 2.34. The first-order valence-corrected chi connectivity index (χ1v) is 5.74. The fourth-order valence-corrected chi connectivity index (χ4v) is 2.10. The minimum absolute atomic E-state index is 0.502. The van der Waals surface area contributed by atoms with Gasteiger partial charge in [-0.15, -0.1) is 11.3 Å². The Hall–Kier alpha value is -1.82. The summed E-state index contributed by atoms with van der Waals surface area (Å²) in [6.07, 6.45) is -4.62. The van der Waals surface area contributed by atoms with Crippen molar-refractivity contribution in [3.8, 4) is 0 Å². The highest BCUT2D eigenvalue weighted by atomic mass is 32.1. The van der Waals surface area contributed by atoms with Crippen molar-refractivity contribution in [1.29, 1.82) is 0 Å². The second-order valence-corrected chi connectivity index (χ2v) is 4.44. The highest BCUT2D eigenvalue weighted by molar-refractivity contribution is 7.12. The molecule has 0 aliphatic heterocycles. The van der Waals surface area contributed by atoms with Gasteiger partial charge >= 0.3 is 6.18 Å². The molecule has 2 nitrogen and oxygen atoms in total. The first-order chi connectivity index (χ1) is 8.39. The molecule has 0 N–H and O–H groups in total. The fourth-order valence-electron chi connectivity index (χ4n) is 1.35. The lowest BCUT2D eigenvalue weighted by molar-refractivity contribution is -0.255. The molecule has 0 amide bonds. The first-order valence-electron chi connectivity index (χ1n) is 4.86. The second-order valence-electron chi connectivity index (χ2n) is 3.53. The Kier molecular flexibility index (Phi) is 3.13. The summed E-state index contributed by atoms with van der Waals surface area (Å²) in [5.41, 5.74) is -1.15. The van der Waals surface area contributed by atoms with E-state index in [1.165, 1.54) is 10.4 Å². The molecule has 0 unspecified atom stereocenters. The number of benzene rings is 1. The number of carbonyl (C=O) groups excluding carboxylic acids is 1. The maximum atomic E-state index is 12.0. The van der Waals surface area contributed by atoms with Crippen molar-refractivity contribution in [2.24, 2.45) is 0 Å². The van der Waals surface area contributed by atoms with E-state index in [-0.39, 0.29) is 0 Å². The Balaban J connectivity index is 0.000000164. The smallest absolute Gasteiger partial charge is 0.417 e. The van der Waals surface area contributed by atoms with Crippen molar-refractivity contribution < 1.29 is 23.1 Å². The van der Waals surface area contributed by atoms with Crippen LogP contribution in [0.1, 0.15) is 15.2 Å². The van der Waals surface area contributed by atoms with Crippen LogP contribution in [-0.2, 0) is 6.18 Å². The lowest BCUT2D eigenvalue weighted by atomic mass is 10.1. The molecule has 0 saturated heterocycles. The summed E-state index contributed by atoms with van der Waals surface area (Å²) < 4.78 is 35.9. The molecule has 0 saturated carbocycles. The molecule has 1 aromatic heterocycles. The van der Waals surface area contributed by atoms with Gasteiger partial charge < -0.3 is 9.90 Å². The topological polar surface area (TPSA) is 40.1 Å². The third-order valence-electron chi connectivity index (χ3n) is 2.37. The Morgan fingerprint density at radius 1 is 1.06 bits per heavy atom. The Bertz CT molecular complexity index is 623. The average molecular weight is 271 g/mol. The van der Waals surface area contributed by atoms with Gasteiger partial charge in [-0.1, -0.05) is 24.3 Å². The van der Waals surface area contributed by atoms with E-state index in [0.29, 0.717) is 11.3 Å². The molecule has 18 heavy (non-hydrogen) atoms. The number of carboxylic acid groups (broad SMARTS) is 1. The number of carboxylic acids is 1. The molecular weight excluding hydrogens is 265 g/mol. The minimum Gasteiger partial charge on any atom is -0.544 e. The van der Waals surface area contributed by atoms with Crippen molar-refractivity contribution in [1.82, 2.24) is 0 Å². The van der Waals surface area contributed by atoms with Crippen LogP contribution < -0.4 is 5.11 Å². The average Bonchev–Trinajstić information content (AvgIpc) is 2.72. The van der Waals surface area contributed by atoms with Crippen LogP contribution in [0.4, 0.5) is 13.2 Å². The first kappa shape index (κ1) is 12.6. The summed E-state index contributed by atoms with van der Waals surface area (Å²) in [4.78, 5) is 9.35. The van der Waals surface area contributed by atoms with E-state index in [1.54, 1.807) is 0 Å². The van der Waals surface area contributed by atoms with Gasteiger partial charge in [-0.2, -0.15) is 13.2 Å². The SMILES string of the molecule is O=C([O-])c1sccc1C(F)(F)F.c1cc2ccc1=2. The normalized spacial score (nSPS) is 11.5. The minimum atomic E-state index is -4.62. The van der Waals surface area contributed by atoms with E-state index in [9.17, 15) is 23.1 Å². The molecule has 1 aromatic rings. The Morgan fingerprint density at radius 2 is 1.56 bits per heavy atom. The van der Waals surface area contributed by atoms with E-state index in [1.807, 2.05) is 0 Å². The van der Waals surface area contributed by atoms with E-state index < -0.39 is 22.6 Å². The zero-order valence-corrected chi connectivity index (χ0v) is 9.64. The van der Waals surface area contributed by atoms with Gasteiger partial charge in [-0.25, -0.2) is 0 Å². The summed E-state index contributed by atoms with van der Waals surface area (Å²) in [5, 5.41) is 14.0. The molecule has 94 valence electrons. The van der Waals surface area contributed by atoms with Crippen LogP contribution >= 0.6 is 11.3 Å². The van der Waals surface area contributed by atoms with E-state index in [2.05, 4.69) is 24.3 Å². The standard InChI is InChI=1S/C6H3F3O2S.C6H4/c7-6(8,9)3-1-2-12-4(3)5(10)11;1-2-6-4-3-5(1)6/h1-2H,(H,10,11);1-4H/p-1. The maximum Gasteiger partial charge on any atom is 0.417 e. The number of halogens is 3. The number of thiophene rings is 1. The monoisotopic (exact) mass is 271 g/mol. The molecule has 1 heterocycles. The van der Waals surface area contributed by atoms with Gasteiger partial charge in [0.1, 0.15) is 0 Å². The van der Waals surface area contributed by atoms with Gasteiger partial charge in [0.2, 0.25) is 0 Å². The second kappa shape index (κ2) is 4.45. The number of hydrogen-bond acceptors (Lipinski definition) is 3. The summed E-state index contributed by atoms with van der Waals surface area (Å²) >= 11 is 0.502. The molecule has 2 aliphatic rings. The Morgan fingerprint density at radius 3 is 1.78 bits per heavy atom. The molecule has 0 atom stereocenters. The van der Waals surface area contributed by atoms with Gasteiger partial charge in [-0.05, 0) is 21.9 Å². The van der Waals surface area contributed by atoms with Crippen LogP contribution in [0.25, 0.3) is 0 Å². The molecule has 0 bridgehead atoms. The Labute approximate surface area is 104 Å². The number of carbonyl (C=O) groups is 1. The zero-order valence-electron chi connectivity index (χ0n) is 8.82. The van der Waals surface area contributed by atoms with Crippen molar-refractivity contribution in [2.45, 2.75) is 6.18 Å². The van der Waals surface area contributed by atoms with E-state index >= 15 is 0 Å². The van der Waals surface area contributed by atoms with Crippen molar-refractivity contribution in [3.05, 3.63) is 56.6 Å². The highest BCUT2D eigenvalue weighted by Gasteiger charge is 2.34. The fraction of sp³-hybridized carbons (Fsp3) is 0.0833.